The first-order chi connectivity index (χ1) is 16.1. The lowest BCUT2D eigenvalue weighted by molar-refractivity contribution is -0.0427. The molecule has 1 fully saturated rings. The summed E-state index contributed by atoms with van der Waals surface area (Å²) in [5.41, 5.74) is 2.54. The van der Waals surface area contributed by atoms with Gasteiger partial charge in [-0.15, -0.1) is 23.5 Å². The van der Waals surface area contributed by atoms with E-state index in [0.717, 1.165) is 16.7 Å². The third kappa shape index (κ3) is 5.51. The molecule has 4 rings (SSSR count). The summed E-state index contributed by atoms with van der Waals surface area (Å²) in [6.45, 7) is 4.77. The summed E-state index contributed by atoms with van der Waals surface area (Å²) in [7, 11) is 0. The van der Waals surface area contributed by atoms with Crippen LogP contribution in [0.15, 0.2) is 91.0 Å². The van der Waals surface area contributed by atoms with Gasteiger partial charge in [0.05, 0.1) is 17.3 Å². The number of aliphatic hydroxyl groups is 1. The standard InChI is InChI=1S/C29H34O2S2/c1-22(27(30)23(2)28-32-19-12-20-33-28)21-31-29(24-13-6-3-7-14-24,25-15-8-4-9-16-25)26-17-10-5-11-18-26/h3-11,13-18,22-23,27-28,30H,12,19-21H2,1-2H3. The van der Waals surface area contributed by atoms with Crippen LogP contribution < -0.4 is 0 Å². The van der Waals surface area contributed by atoms with E-state index in [-0.39, 0.29) is 11.8 Å². The highest BCUT2D eigenvalue weighted by Crippen LogP contribution is 2.42. The van der Waals surface area contributed by atoms with Gasteiger partial charge in [-0.05, 0) is 34.6 Å². The zero-order chi connectivity index (χ0) is 23.1. The van der Waals surface area contributed by atoms with Crippen molar-refractivity contribution in [2.24, 2.45) is 11.8 Å². The fourth-order valence-electron chi connectivity index (χ4n) is 4.61. The van der Waals surface area contributed by atoms with E-state index in [2.05, 4.69) is 86.6 Å². The second kappa shape index (κ2) is 11.6. The highest BCUT2D eigenvalue weighted by Gasteiger charge is 2.39. The molecule has 3 atom stereocenters. The molecule has 0 aromatic heterocycles. The molecule has 1 N–H and O–H groups in total. The zero-order valence-electron chi connectivity index (χ0n) is 19.5. The monoisotopic (exact) mass is 478 g/mol. The molecule has 3 unspecified atom stereocenters. The Labute approximate surface area is 207 Å². The van der Waals surface area contributed by atoms with E-state index in [1.165, 1.54) is 17.9 Å². The molecule has 0 spiro atoms. The molecule has 1 aliphatic rings. The number of thioether (sulfide) groups is 2. The van der Waals surface area contributed by atoms with Crippen molar-refractivity contribution in [2.45, 2.75) is 36.6 Å². The Morgan fingerprint density at radius 1 is 0.788 bits per heavy atom. The molecule has 33 heavy (non-hydrogen) atoms. The number of aliphatic hydroxyl groups excluding tert-OH is 1. The predicted molar refractivity (Wildman–Crippen MR) is 143 cm³/mol. The molecule has 2 nitrogen and oxygen atoms in total. The Hall–Kier alpha value is -1.72. The first kappa shape index (κ1) is 24.4. The van der Waals surface area contributed by atoms with Gasteiger partial charge in [0.2, 0.25) is 0 Å². The van der Waals surface area contributed by atoms with Crippen LogP contribution in [-0.2, 0) is 10.3 Å². The van der Waals surface area contributed by atoms with Crippen LogP contribution in [0, 0.1) is 11.8 Å². The summed E-state index contributed by atoms with van der Waals surface area (Å²) in [6, 6.07) is 31.3. The van der Waals surface area contributed by atoms with Crippen molar-refractivity contribution in [2.75, 3.05) is 18.1 Å². The summed E-state index contributed by atoms with van der Waals surface area (Å²) in [4.78, 5) is 0. The maximum absolute atomic E-state index is 11.2. The van der Waals surface area contributed by atoms with E-state index in [1.807, 2.05) is 41.7 Å². The van der Waals surface area contributed by atoms with Gasteiger partial charge in [0.15, 0.2) is 0 Å². The lowest BCUT2D eigenvalue weighted by Gasteiger charge is -2.38. The molecule has 0 aliphatic carbocycles. The van der Waals surface area contributed by atoms with Crippen LogP contribution in [-0.4, -0.2) is 33.9 Å². The third-order valence-corrected chi connectivity index (χ3v) is 9.89. The molecule has 4 heteroatoms. The van der Waals surface area contributed by atoms with E-state index in [1.54, 1.807) is 0 Å². The van der Waals surface area contributed by atoms with Crippen LogP contribution in [0.1, 0.15) is 37.0 Å². The van der Waals surface area contributed by atoms with Gasteiger partial charge in [-0.2, -0.15) is 0 Å². The summed E-state index contributed by atoms with van der Waals surface area (Å²) in [5.74, 6) is 2.62. The Morgan fingerprint density at radius 3 is 1.64 bits per heavy atom. The van der Waals surface area contributed by atoms with Crippen LogP contribution in [0.5, 0.6) is 0 Å². The van der Waals surface area contributed by atoms with Crippen LogP contribution >= 0.6 is 23.5 Å². The second-order valence-electron chi connectivity index (χ2n) is 8.88. The minimum absolute atomic E-state index is 0.0126. The van der Waals surface area contributed by atoms with E-state index in [4.69, 9.17) is 4.74 Å². The molecule has 3 aromatic rings. The van der Waals surface area contributed by atoms with E-state index >= 15 is 0 Å². The first-order valence-electron chi connectivity index (χ1n) is 11.8. The van der Waals surface area contributed by atoms with Gasteiger partial charge in [0, 0.05) is 11.8 Å². The van der Waals surface area contributed by atoms with E-state index in [0.29, 0.717) is 11.2 Å². The average Bonchev–Trinajstić information content (AvgIpc) is 2.90. The lowest BCUT2D eigenvalue weighted by Crippen LogP contribution is -2.39. The summed E-state index contributed by atoms with van der Waals surface area (Å²) in [5, 5.41) is 11.2. The molecule has 0 amide bonds. The molecule has 1 aliphatic heterocycles. The minimum atomic E-state index is -0.741. The number of benzene rings is 3. The van der Waals surface area contributed by atoms with Gasteiger partial charge in [-0.25, -0.2) is 0 Å². The van der Waals surface area contributed by atoms with Crippen molar-refractivity contribution >= 4 is 23.5 Å². The van der Waals surface area contributed by atoms with Crippen molar-refractivity contribution in [1.82, 2.24) is 0 Å². The van der Waals surface area contributed by atoms with Gasteiger partial charge in [-0.1, -0.05) is 105 Å². The summed E-state index contributed by atoms with van der Waals surface area (Å²) in [6.07, 6.45) is 0.856. The molecule has 1 saturated heterocycles. The molecule has 0 bridgehead atoms. The molecule has 0 saturated carbocycles. The number of hydrogen-bond donors (Lipinski definition) is 1. The van der Waals surface area contributed by atoms with E-state index < -0.39 is 11.7 Å². The van der Waals surface area contributed by atoms with Crippen molar-refractivity contribution in [3.8, 4) is 0 Å². The number of ether oxygens (including phenoxy) is 1. The van der Waals surface area contributed by atoms with Crippen molar-refractivity contribution in [3.63, 3.8) is 0 Å². The van der Waals surface area contributed by atoms with Crippen molar-refractivity contribution < 1.29 is 9.84 Å². The Balaban J connectivity index is 1.65. The zero-order valence-corrected chi connectivity index (χ0v) is 21.1. The van der Waals surface area contributed by atoms with Crippen LogP contribution in [0.25, 0.3) is 0 Å². The third-order valence-electron chi connectivity index (χ3n) is 6.51. The van der Waals surface area contributed by atoms with Crippen molar-refractivity contribution in [3.05, 3.63) is 108 Å². The molecular weight excluding hydrogens is 444 g/mol. The Morgan fingerprint density at radius 2 is 1.21 bits per heavy atom. The lowest BCUT2D eigenvalue weighted by atomic mass is 9.80. The SMILES string of the molecule is CC(COC(c1ccccc1)(c1ccccc1)c1ccccc1)C(O)C(C)C1SCCCS1. The summed E-state index contributed by atoms with van der Waals surface area (Å²) < 4.78 is 7.39. The fourth-order valence-corrected chi connectivity index (χ4v) is 7.77. The average molecular weight is 479 g/mol. The maximum atomic E-state index is 11.2. The highest BCUT2D eigenvalue weighted by atomic mass is 32.2. The van der Waals surface area contributed by atoms with Crippen LogP contribution in [0.3, 0.4) is 0 Å². The largest absolute Gasteiger partial charge is 0.392 e. The Bertz CT molecular complexity index is 862. The Kier molecular flexibility index (Phi) is 8.59. The molecule has 174 valence electrons. The number of hydrogen-bond acceptors (Lipinski definition) is 4. The predicted octanol–water partition coefficient (Wildman–Crippen LogP) is 6.82. The summed E-state index contributed by atoms with van der Waals surface area (Å²) >= 11 is 3.99. The van der Waals surface area contributed by atoms with Gasteiger partial charge >= 0.3 is 0 Å². The van der Waals surface area contributed by atoms with Crippen LogP contribution in [0.4, 0.5) is 0 Å². The smallest absolute Gasteiger partial charge is 0.143 e. The molecular formula is C29H34O2S2. The number of rotatable bonds is 9. The van der Waals surface area contributed by atoms with Crippen LogP contribution in [0.2, 0.25) is 0 Å². The molecule has 0 radical (unpaired) electrons. The fraction of sp³-hybridized carbons (Fsp3) is 0.379. The van der Waals surface area contributed by atoms with Gasteiger partial charge in [0.1, 0.15) is 5.60 Å². The van der Waals surface area contributed by atoms with Gasteiger partial charge in [0.25, 0.3) is 0 Å². The highest BCUT2D eigenvalue weighted by molar-refractivity contribution is 8.17. The topological polar surface area (TPSA) is 29.5 Å². The normalized spacial score (nSPS) is 17.9. The quantitative estimate of drug-likeness (QED) is 0.342. The second-order valence-corrected chi connectivity index (χ2v) is 11.7. The minimum Gasteiger partial charge on any atom is -0.392 e. The maximum Gasteiger partial charge on any atom is 0.143 e. The molecule has 3 aromatic carbocycles. The van der Waals surface area contributed by atoms with Gasteiger partial charge in [-0.3, -0.25) is 0 Å². The van der Waals surface area contributed by atoms with Crippen molar-refractivity contribution in [1.29, 1.82) is 0 Å². The van der Waals surface area contributed by atoms with Gasteiger partial charge < -0.3 is 9.84 Å². The van der Waals surface area contributed by atoms with E-state index in [9.17, 15) is 5.11 Å². The molecule has 1 heterocycles. The first-order valence-corrected chi connectivity index (χ1v) is 13.9.